The smallest absolute Gasteiger partial charge is 0.244 e. The Bertz CT molecular complexity index is 557. The molecule has 0 bridgehead atoms. The number of amides is 2. The minimum Gasteiger partial charge on any atom is -0.378 e. The third-order valence-electron chi connectivity index (χ3n) is 4.66. The summed E-state index contributed by atoms with van der Waals surface area (Å²) in [6.07, 6.45) is 0.717. The number of nitrogens with two attached hydrogens (primary N) is 1. The Morgan fingerprint density at radius 2 is 1.83 bits per heavy atom. The van der Waals surface area contributed by atoms with Crippen LogP contribution in [0, 0.1) is 5.92 Å². The Hall–Kier alpha value is -1.92. The van der Waals surface area contributed by atoms with Crippen LogP contribution in [0.3, 0.4) is 0 Å². The quantitative estimate of drug-likeness (QED) is 0.872. The standard InChI is InChI=1S/C17H23N3O3/c18-16(21)14-6-7-20(12-14)15(13-4-2-1-3-5-13)17(22)19-8-10-23-11-9-19/h1-5,14-15H,6-12H2,(H2,18,21). The van der Waals surface area contributed by atoms with Crippen LogP contribution in [-0.4, -0.2) is 61.0 Å². The largest absolute Gasteiger partial charge is 0.378 e. The van der Waals surface area contributed by atoms with Crippen LogP contribution < -0.4 is 5.73 Å². The van der Waals surface area contributed by atoms with Crippen LogP contribution in [0.2, 0.25) is 0 Å². The normalized spacial score (nSPS) is 23.7. The lowest BCUT2D eigenvalue weighted by molar-refractivity contribution is -0.141. The highest BCUT2D eigenvalue weighted by molar-refractivity contribution is 5.84. The van der Waals surface area contributed by atoms with Gasteiger partial charge in [-0.05, 0) is 12.0 Å². The van der Waals surface area contributed by atoms with E-state index in [1.807, 2.05) is 35.2 Å². The maximum absolute atomic E-state index is 13.1. The molecule has 23 heavy (non-hydrogen) atoms. The summed E-state index contributed by atoms with van der Waals surface area (Å²) in [5.41, 5.74) is 6.41. The van der Waals surface area contributed by atoms with E-state index in [0.29, 0.717) is 39.4 Å². The summed E-state index contributed by atoms with van der Waals surface area (Å²) in [5, 5.41) is 0. The Kier molecular flexibility index (Phi) is 4.93. The molecule has 2 fully saturated rings. The number of morpholine rings is 1. The number of benzene rings is 1. The van der Waals surface area contributed by atoms with Crippen LogP contribution in [0.5, 0.6) is 0 Å². The number of hydrogen-bond donors (Lipinski definition) is 1. The molecule has 2 aliphatic rings. The fraction of sp³-hybridized carbons (Fsp3) is 0.529. The van der Waals surface area contributed by atoms with Gasteiger partial charge in [0.05, 0.1) is 19.1 Å². The second-order valence-corrected chi connectivity index (χ2v) is 6.13. The van der Waals surface area contributed by atoms with Gasteiger partial charge in [-0.2, -0.15) is 0 Å². The summed E-state index contributed by atoms with van der Waals surface area (Å²) in [7, 11) is 0. The molecule has 2 unspecified atom stereocenters. The van der Waals surface area contributed by atoms with Crippen molar-refractivity contribution in [3.63, 3.8) is 0 Å². The highest BCUT2D eigenvalue weighted by Crippen LogP contribution is 2.29. The van der Waals surface area contributed by atoms with Crippen molar-refractivity contribution in [2.75, 3.05) is 39.4 Å². The van der Waals surface area contributed by atoms with E-state index in [4.69, 9.17) is 10.5 Å². The molecule has 2 heterocycles. The molecule has 2 saturated heterocycles. The van der Waals surface area contributed by atoms with Crippen LogP contribution in [0.15, 0.2) is 30.3 Å². The lowest BCUT2D eigenvalue weighted by Gasteiger charge is -2.34. The molecule has 0 radical (unpaired) electrons. The second-order valence-electron chi connectivity index (χ2n) is 6.13. The van der Waals surface area contributed by atoms with Crippen LogP contribution in [0.25, 0.3) is 0 Å². The monoisotopic (exact) mass is 317 g/mol. The first-order valence-corrected chi connectivity index (χ1v) is 8.11. The van der Waals surface area contributed by atoms with Gasteiger partial charge >= 0.3 is 0 Å². The lowest BCUT2D eigenvalue weighted by atomic mass is 10.0. The Morgan fingerprint density at radius 1 is 1.13 bits per heavy atom. The number of carbonyl (C=O) groups excluding carboxylic acids is 2. The minimum atomic E-state index is -0.348. The summed E-state index contributed by atoms with van der Waals surface area (Å²) >= 11 is 0. The first-order chi connectivity index (χ1) is 11.2. The van der Waals surface area contributed by atoms with Gasteiger partial charge in [0.2, 0.25) is 11.8 Å². The molecule has 6 heteroatoms. The van der Waals surface area contributed by atoms with Crippen molar-refractivity contribution in [1.29, 1.82) is 0 Å². The molecule has 0 spiro atoms. The maximum atomic E-state index is 13.1. The molecular formula is C17H23N3O3. The zero-order valence-electron chi connectivity index (χ0n) is 13.2. The van der Waals surface area contributed by atoms with Gasteiger partial charge in [0.1, 0.15) is 6.04 Å². The number of nitrogens with zero attached hydrogens (tertiary/aromatic N) is 2. The van der Waals surface area contributed by atoms with Crippen molar-refractivity contribution in [3.8, 4) is 0 Å². The van der Waals surface area contributed by atoms with Crippen molar-refractivity contribution in [1.82, 2.24) is 9.80 Å². The molecule has 2 aliphatic heterocycles. The highest BCUT2D eigenvalue weighted by atomic mass is 16.5. The summed E-state index contributed by atoms with van der Waals surface area (Å²) in [4.78, 5) is 28.5. The first-order valence-electron chi connectivity index (χ1n) is 8.11. The van der Waals surface area contributed by atoms with Crippen molar-refractivity contribution < 1.29 is 14.3 Å². The van der Waals surface area contributed by atoms with Crippen molar-refractivity contribution >= 4 is 11.8 Å². The summed E-state index contributed by atoms with van der Waals surface area (Å²) in [6.45, 7) is 3.66. The van der Waals surface area contributed by atoms with Crippen LogP contribution in [0.4, 0.5) is 0 Å². The molecule has 1 aromatic rings. The van der Waals surface area contributed by atoms with E-state index in [-0.39, 0.29) is 23.8 Å². The molecule has 124 valence electrons. The summed E-state index contributed by atoms with van der Waals surface area (Å²) < 4.78 is 5.34. The third-order valence-corrected chi connectivity index (χ3v) is 4.66. The minimum absolute atomic E-state index is 0.0876. The molecule has 1 aromatic carbocycles. The lowest BCUT2D eigenvalue weighted by Crippen LogP contribution is -2.47. The van der Waals surface area contributed by atoms with Gasteiger partial charge in [-0.1, -0.05) is 30.3 Å². The SMILES string of the molecule is NC(=O)C1CCN(C(C(=O)N2CCOCC2)c2ccccc2)C1. The van der Waals surface area contributed by atoms with Gasteiger partial charge in [-0.15, -0.1) is 0 Å². The summed E-state index contributed by atoms with van der Waals surface area (Å²) in [5.74, 6) is -0.360. The molecule has 0 aliphatic carbocycles. The van der Waals surface area contributed by atoms with Crippen LogP contribution >= 0.6 is 0 Å². The Morgan fingerprint density at radius 3 is 2.43 bits per heavy atom. The third kappa shape index (κ3) is 3.54. The van der Waals surface area contributed by atoms with E-state index in [1.54, 1.807) is 0 Å². The van der Waals surface area contributed by atoms with Gasteiger partial charge < -0.3 is 15.4 Å². The van der Waals surface area contributed by atoms with E-state index in [9.17, 15) is 9.59 Å². The molecule has 0 aromatic heterocycles. The molecule has 2 atom stereocenters. The maximum Gasteiger partial charge on any atom is 0.244 e. The van der Waals surface area contributed by atoms with Gasteiger partial charge in [-0.25, -0.2) is 0 Å². The number of hydrogen-bond acceptors (Lipinski definition) is 4. The number of rotatable bonds is 4. The van der Waals surface area contributed by atoms with Crippen LogP contribution in [-0.2, 0) is 14.3 Å². The second kappa shape index (κ2) is 7.10. The van der Waals surface area contributed by atoms with Crippen molar-refractivity contribution in [2.45, 2.75) is 12.5 Å². The zero-order valence-corrected chi connectivity index (χ0v) is 13.2. The fourth-order valence-electron chi connectivity index (χ4n) is 3.36. The molecule has 2 amide bonds. The molecule has 3 rings (SSSR count). The Balaban J connectivity index is 1.82. The van der Waals surface area contributed by atoms with Gasteiger partial charge in [0.25, 0.3) is 0 Å². The number of ether oxygens (including phenoxy) is 1. The van der Waals surface area contributed by atoms with Crippen molar-refractivity contribution in [2.24, 2.45) is 11.7 Å². The van der Waals surface area contributed by atoms with E-state index in [1.165, 1.54) is 0 Å². The van der Waals surface area contributed by atoms with E-state index in [0.717, 1.165) is 12.0 Å². The fourth-order valence-corrected chi connectivity index (χ4v) is 3.36. The molecular weight excluding hydrogens is 294 g/mol. The highest BCUT2D eigenvalue weighted by Gasteiger charge is 2.37. The van der Waals surface area contributed by atoms with Crippen molar-refractivity contribution in [3.05, 3.63) is 35.9 Å². The predicted octanol–water partition coefficient (Wildman–Crippen LogP) is 0.394. The van der Waals surface area contributed by atoms with E-state index in [2.05, 4.69) is 4.90 Å². The first kappa shape index (κ1) is 16.0. The summed E-state index contributed by atoms with van der Waals surface area (Å²) in [6, 6.07) is 9.42. The molecule has 2 N–H and O–H groups in total. The average molecular weight is 317 g/mol. The van der Waals surface area contributed by atoms with E-state index < -0.39 is 0 Å². The van der Waals surface area contributed by atoms with Crippen LogP contribution in [0.1, 0.15) is 18.0 Å². The zero-order chi connectivity index (χ0) is 16.2. The number of likely N-dealkylation sites (tertiary alicyclic amines) is 1. The van der Waals surface area contributed by atoms with E-state index >= 15 is 0 Å². The van der Waals surface area contributed by atoms with Gasteiger partial charge in [-0.3, -0.25) is 14.5 Å². The topological polar surface area (TPSA) is 75.9 Å². The molecule has 0 saturated carbocycles. The Labute approximate surface area is 136 Å². The van der Waals surface area contributed by atoms with Gasteiger partial charge in [0, 0.05) is 26.2 Å². The number of primary amides is 1. The average Bonchev–Trinajstić information content (AvgIpc) is 3.07. The predicted molar refractivity (Wildman–Crippen MR) is 85.5 cm³/mol. The number of carbonyl (C=O) groups is 2. The molecule has 6 nitrogen and oxygen atoms in total. The van der Waals surface area contributed by atoms with Gasteiger partial charge in [0.15, 0.2) is 0 Å².